The molecule has 3 amide bonds. The van der Waals surface area contributed by atoms with Gasteiger partial charge in [-0.15, -0.1) is 0 Å². The molecule has 0 bridgehead atoms. The predicted molar refractivity (Wildman–Crippen MR) is 156 cm³/mol. The van der Waals surface area contributed by atoms with Gasteiger partial charge >= 0.3 is 6.03 Å². The fraction of sp³-hybridized carbons (Fsp3) is 0.879. The molecule has 3 N–H and O–H groups in total. The van der Waals surface area contributed by atoms with Crippen molar-refractivity contribution in [3.8, 4) is 0 Å². The van der Waals surface area contributed by atoms with Crippen LogP contribution >= 0.6 is 0 Å². The summed E-state index contributed by atoms with van der Waals surface area (Å²) in [7, 11) is 1.64. The third-order valence-electron chi connectivity index (χ3n) is 12.9. The number of allylic oxidation sites excluding steroid dienone is 1. The number of urea groups is 1. The SMILES string of the molecule is CNC(=O)NCC1(C)CCN(C(=O)CC[C@@H](C)[C@H]2CC[C@H]3[C@@H]4CC=C5C[C@@H](O)CC[C@]5(C)[C@H]4CC[C@]23C)CC1. The van der Waals surface area contributed by atoms with E-state index in [1.54, 1.807) is 12.6 Å². The summed E-state index contributed by atoms with van der Waals surface area (Å²) in [6.45, 7) is 12.0. The Labute approximate surface area is 237 Å². The van der Waals surface area contributed by atoms with Gasteiger partial charge < -0.3 is 20.6 Å². The lowest BCUT2D eigenvalue weighted by Gasteiger charge is -2.58. The van der Waals surface area contributed by atoms with E-state index >= 15 is 0 Å². The van der Waals surface area contributed by atoms with Crippen LogP contribution in [0.4, 0.5) is 4.79 Å². The zero-order valence-electron chi connectivity index (χ0n) is 25.4. The minimum atomic E-state index is -0.132. The molecule has 0 aromatic heterocycles. The summed E-state index contributed by atoms with van der Waals surface area (Å²) in [5, 5.41) is 15.9. The number of nitrogens with zero attached hydrogens (tertiary/aromatic N) is 1. The lowest BCUT2D eigenvalue weighted by molar-refractivity contribution is -0.133. The number of hydrogen-bond acceptors (Lipinski definition) is 3. The van der Waals surface area contributed by atoms with Crippen molar-refractivity contribution in [2.24, 2.45) is 45.8 Å². The first-order valence-corrected chi connectivity index (χ1v) is 16.1. The summed E-state index contributed by atoms with van der Waals surface area (Å²) in [6, 6.07) is -0.132. The number of fused-ring (bicyclic) bond motifs is 5. The van der Waals surface area contributed by atoms with Crippen molar-refractivity contribution in [2.45, 2.75) is 111 Å². The maximum Gasteiger partial charge on any atom is 0.314 e. The van der Waals surface area contributed by atoms with E-state index in [4.69, 9.17) is 0 Å². The minimum absolute atomic E-state index is 0.0619. The summed E-state index contributed by atoms with van der Waals surface area (Å²) >= 11 is 0. The molecule has 5 rings (SSSR count). The molecule has 5 aliphatic rings. The van der Waals surface area contributed by atoms with Crippen LogP contribution in [-0.2, 0) is 4.79 Å². The number of piperidine rings is 1. The summed E-state index contributed by atoms with van der Waals surface area (Å²) in [5.41, 5.74) is 2.34. The Kier molecular flexibility index (Phi) is 8.18. The Morgan fingerprint density at radius 1 is 1.05 bits per heavy atom. The molecule has 0 aromatic rings. The molecule has 0 unspecified atom stereocenters. The zero-order chi connectivity index (χ0) is 28.0. The minimum Gasteiger partial charge on any atom is -0.393 e. The lowest BCUT2D eigenvalue weighted by Crippen LogP contribution is -2.50. The third kappa shape index (κ3) is 5.40. The van der Waals surface area contributed by atoms with E-state index in [1.807, 2.05) is 0 Å². The molecule has 220 valence electrons. The van der Waals surface area contributed by atoms with E-state index < -0.39 is 0 Å². The van der Waals surface area contributed by atoms with Gasteiger partial charge in [-0.25, -0.2) is 4.79 Å². The van der Waals surface area contributed by atoms with Crippen LogP contribution < -0.4 is 10.6 Å². The monoisotopic (exact) mass is 541 g/mol. The standard InChI is InChI=1S/C33H55N3O3/c1-22(6-11-29(38)36-18-16-31(2,17-19-36)21-35-30(39)34-5)26-9-10-27-25-8-7-23-20-24(37)12-14-32(23,3)28(25)13-15-33(26,27)4/h7,22,24-28,37H,6,8-21H2,1-5H3,(H2,34,35,39)/t22-,24+,25+,26-,27+,28+,32+,33-/m1/s1. The highest BCUT2D eigenvalue weighted by molar-refractivity contribution is 5.76. The number of aliphatic hydroxyl groups is 1. The molecular formula is C33H55N3O3. The molecule has 39 heavy (non-hydrogen) atoms. The first-order valence-electron chi connectivity index (χ1n) is 16.1. The first kappa shape index (κ1) is 29.0. The van der Waals surface area contributed by atoms with E-state index in [0.29, 0.717) is 35.6 Å². The maximum absolute atomic E-state index is 13.2. The summed E-state index contributed by atoms with van der Waals surface area (Å²) in [5.74, 6) is 4.03. The van der Waals surface area contributed by atoms with Crippen LogP contribution in [0.25, 0.3) is 0 Å². The van der Waals surface area contributed by atoms with Crippen molar-refractivity contribution in [3.63, 3.8) is 0 Å². The zero-order valence-corrected chi connectivity index (χ0v) is 25.4. The summed E-state index contributed by atoms with van der Waals surface area (Å²) in [6.07, 6.45) is 15.6. The van der Waals surface area contributed by atoms with E-state index in [2.05, 4.69) is 49.3 Å². The molecule has 3 saturated carbocycles. The number of nitrogens with one attached hydrogen (secondary N) is 2. The largest absolute Gasteiger partial charge is 0.393 e. The van der Waals surface area contributed by atoms with Gasteiger partial charge in [-0.3, -0.25) is 4.79 Å². The second-order valence-electron chi connectivity index (χ2n) is 15.0. The van der Waals surface area contributed by atoms with Gasteiger partial charge in [0, 0.05) is 33.1 Å². The van der Waals surface area contributed by atoms with Gasteiger partial charge in [0.05, 0.1) is 6.10 Å². The van der Waals surface area contributed by atoms with E-state index in [1.165, 1.54) is 32.1 Å². The number of carbonyl (C=O) groups excluding carboxylic acids is 2. The predicted octanol–water partition coefficient (Wildman–Crippen LogP) is 5.90. The highest BCUT2D eigenvalue weighted by atomic mass is 16.3. The molecular weight excluding hydrogens is 486 g/mol. The number of aliphatic hydroxyl groups excluding tert-OH is 1. The van der Waals surface area contributed by atoms with Gasteiger partial charge in [0.15, 0.2) is 0 Å². The van der Waals surface area contributed by atoms with Crippen molar-refractivity contribution >= 4 is 11.9 Å². The number of carbonyl (C=O) groups is 2. The van der Waals surface area contributed by atoms with Crippen molar-refractivity contribution in [1.82, 2.24) is 15.5 Å². The first-order chi connectivity index (χ1) is 18.5. The van der Waals surface area contributed by atoms with Gasteiger partial charge in [-0.05, 0) is 116 Å². The number of likely N-dealkylation sites (tertiary alicyclic amines) is 1. The van der Waals surface area contributed by atoms with Crippen molar-refractivity contribution in [3.05, 3.63) is 11.6 Å². The van der Waals surface area contributed by atoms with Gasteiger partial charge in [0.2, 0.25) is 5.91 Å². The fourth-order valence-corrected chi connectivity index (χ4v) is 10.2. The average Bonchev–Trinajstić information content (AvgIpc) is 3.28. The lowest BCUT2D eigenvalue weighted by atomic mass is 9.47. The molecule has 0 aromatic carbocycles. The summed E-state index contributed by atoms with van der Waals surface area (Å²) < 4.78 is 0. The smallest absolute Gasteiger partial charge is 0.314 e. The van der Waals surface area contributed by atoms with Crippen LogP contribution in [0.1, 0.15) is 105 Å². The Morgan fingerprint density at radius 2 is 1.79 bits per heavy atom. The number of rotatable bonds is 6. The molecule has 0 radical (unpaired) electrons. The highest BCUT2D eigenvalue weighted by Crippen LogP contribution is 2.67. The molecule has 4 fully saturated rings. The molecule has 1 heterocycles. The van der Waals surface area contributed by atoms with Crippen LogP contribution in [0.2, 0.25) is 0 Å². The van der Waals surface area contributed by atoms with Crippen LogP contribution in [0.3, 0.4) is 0 Å². The van der Waals surface area contributed by atoms with E-state index in [9.17, 15) is 14.7 Å². The second kappa shape index (κ2) is 11.0. The molecule has 6 nitrogen and oxygen atoms in total. The molecule has 4 aliphatic carbocycles. The van der Waals surface area contributed by atoms with Crippen LogP contribution in [0.5, 0.6) is 0 Å². The highest BCUT2D eigenvalue weighted by Gasteiger charge is 2.59. The average molecular weight is 542 g/mol. The van der Waals surface area contributed by atoms with Crippen molar-refractivity contribution in [2.75, 3.05) is 26.7 Å². The molecule has 8 atom stereocenters. The quantitative estimate of drug-likeness (QED) is 0.366. The molecule has 1 saturated heterocycles. The number of amides is 3. The summed E-state index contributed by atoms with van der Waals surface area (Å²) in [4.78, 5) is 26.9. The van der Waals surface area contributed by atoms with Gasteiger partial charge in [0.25, 0.3) is 0 Å². The fourth-order valence-electron chi connectivity index (χ4n) is 10.2. The third-order valence-corrected chi connectivity index (χ3v) is 12.9. The van der Waals surface area contributed by atoms with Gasteiger partial charge in [-0.1, -0.05) is 39.3 Å². The Morgan fingerprint density at radius 3 is 2.51 bits per heavy atom. The van der Waals surface area contributed by atoms with Gasteiger partial charge in [0.1, 0.15) is 0 Å². The Bertz CT molecular complexity index is 956. The van der Waals surface area contributed by atoms with Crippen LogP contribution in [-0.4, -0.2) is 54.7 Å². The van der Waals surface area contributed by atoms with Crippen LogP contribution in [0.15, 0.2) is 11.6 Å². The normalized spacial score (nSPS) is 40.0. The van der Waals surface area contributed by atoms with Crippen LogP contribution in [0, 0.1) is 45.8 Å². The molecule has 0 spiro atoms. The molecule has 1 aliphatic heterocycles. The second-order valence-corrected chi connectivity index (χ2v) is 15.0. The van der Waals surface area contributed by atoms with E-state index in [0.717, 1.165) is 75.3 Å². The maximum atomic E-state index is 13.2. The van der Waals surface area contributed by atoms with Gasteiger partial charge in [-0.2, -0.15) is 0 Å². The van der Waals surface area contributed by atoms with Crippen molar-refractivity contribution in [1.29, 1.82) is 0 Å². The Balaban J connectivity index is 1.14. The van der Waals surface area contributed by atoms with E-state index in [-0.39, 0.29) is 17.6 Å². The number of hydrogen-bond donors (Lipinski definition) is 3. The topological polar surface area (TPSA) is 81.7 Å². The van der Waals surface area contributed by atoms with Crippen molar-refractivity contribution < 1.29 is 14.7 Å². The Hall–Kier alpha value is -1.56. The molecule has 6 heteroatoms.